The maximum absolute atomic E-state index is 13.0. The summed E-state index contributed by atoms with van der Waals surface area (Å²) in [5.74, 6) is 1.89. The molecule has 4 aliphatic heterocycles. The van der Waals surface area contributed by atoms with E-state index >= 15 is 0 Å². The summed E-state index contributed by atoms with van der Waals surface area (Å²) in [6.07, 6.45) is 3.34. The normalized spacial score (nSPS) is 25.2. The van der Waals surface area contributed by atoms with Crippen LogP contribution in [0.2, 0.25) is 0 Å². The summed E-state index contributed by atoms with van der Waals surface area (Å²) >= 11 is 0. The van der Waals surface area contributed by atoms with Crippen LogP contribution in [-0.2, 0) is 0 Å². The molecule has 0 aliphatic carbocycles. The van der Waals surface area contributed by atoms with E-state index < -0.39 is 0 Å². The largest absolute Gasteiger partial charge is 0.497 e. The van der Waals surface area contributed by atoms with E-state index in [0.29, 0.717) is 17.5 Å². The molecule has 6 rings (SSSR count). The highest BCUT2D eigenvalue weighted by atomic mass is 16.5. The van der Waals surface area contributed by atoms with Crippen molar-refractivity contribution in [1.29, 1.82) is 0 Å². The predicted molar refractivity (Wildman–Crippen MR) is 84.9 cm³/mol. The van der Waals surface area contributed by atoms with Gasteiger partial charge in [0.2, 0.25) is 0 Å². The number of piperidine rings is 1. The molecule has 0 unspecified atom stereocenters. The lowest BCUT2D eigenvalue weighted by Gasteiger charge is -2.39. The Balaban J connectivity index is 1.53. The van der Waals surface area contributed by atoms with Gasteiger partial charge in [-0.1, -0.05) is 0 Å². The van der Waals surface area contributed by atoms with Gasteiger partial charge in [0.05, 0.1) is 12.6 Å². The monoisotopic (exact) mass is 310 g/mol. The summed E-state index contributed by atoms with van der Waals surface area (Å²) in [7, 11) is 1.63. The van der Waals surface area contributed by atoms with Crippen LogP contribution >= 0.6 is 0 Å². The van der Waals surface area contributed by atoms with E-state index in [4.69, 9.17) is 4.74 Å². The molecule has 2 fully saturated rings. The van der Waals surface area contributed by atoms with Crippen molar-refractivity contribution in [3.05, 3.63) is 35.8 Å². The summed E-state index contributed by atoms with van der Waals surface area (Å²) in [6.45, 7) is 3.02. The van der Waals surface area contributed by atoms with E-state index in [2.05, 4.69) is 21.3 Å². The number of H-pyrrole nitrogens is 1. The van der Waals surface area contributed by atoms with Crippen LogP contribution in [0.3, 0.4) is 0 Å². The molecular weight excluding hydrogens is 292 g/mol. The molecule has 2 atom stereocenters. The average molecular weight is 310 g/mol. The van der Waals surface area contributed by atoms with Crippen LogP contribution in [0.4, 0.5) is 0 Å². The highest BCUT2D eigenvalue weighted by molar-refractivity contribution is 6.05. The van der Waals surface area contributed by atoms with E-state index in [-0.39, 0.29) is 5.91 Å². The Kier molecular flexibility index (Phi) is 2.54. The molecule has 1 N–H and O–H groups in total. The van der Waals surface area contributed by atoms with Crippen LogP contribution < -0.4 is 4.74 Å². The van der Waals surface area contributed by atoms with Crippen molar-refractivity contribution in [3.63, 3.8) is 0 Å². The summed E-state index contributed by atoms with van der Waals surface area (Å²) < 4.78 is 5.22. The van der Waals surface area contributed by atoms with Crippen LogP contribution in [0.15, 0.2) is 30.1 Å². The maximum atomic E-state index is 13.0. The first-order valence-corrected chi connectivity index (χ1v) is 8.04. The van der Waals surface area contributed by atoms with Gasteiger partial charge in [-0.15, -0.1) is 0 Å². The molecular formula is C17H18N4O2. The van der Waals surface area contributed by atoms with Gasteiger partial charge in [-0.05, 0) is 18.6 Å². The Morgan fingerprint density at radius 1 is 1.39 bits per heavy atom. The fraction of sp³-hybridized carbons (Fsp3) is 0.412. The van der Waals surface area contributed by atoms with Gasteiger partial charge >= 0.3 is 0 Å². The van der Waals surface area contributed by atoms with Crippen molar-refractivity contribution in [1.82, 2.24) is 20.0 Å². The Morgan fingerprint density at radius 3 is 3.09 bits per heavy atom. The van der Waals surface area contributed by atoms with Crippen molar-refractivity contribution in [2.45, 2.75) is 6.42 Å². The highest BCUT2D eigenvalue weighted by Crippen LogP contribution is 2.44. The first kappa shape index (κ1) is 13.0. The smallest absolute Gasteiger partial charge is 0.279 e. The van der Waals surface area contributed by atoms with Crippen LogP contribution in [0.1, 0.15) is 16.9 Å². The fourth-order valence-corrected chi connectivity index (χ4v) is 4.26. The zero-order chi connectivity index (χ0) is 15.6. The van der Waals surface area contributed by atoms with E-state index in [0.717, 1.165) is 36.3 Å². The Hall–Kier alpha value is -2.50. The zero-order valence-corrected chi connectivity index (χ0v) is 13.0. The Morgan fingerprint density at radius 2 is 2.30 bits per heavy atom. The third kappa shape index (κ3) is 1.75. The van der Waals surface area contributed by atoms with Gasteiger partial charge in [-0.25, -0.2) is 0 Å². The minimum atomic E-state index is 0.00363. The van der Waals surface area contributed by atoms with E-state index in [1.165, 1.54) is 12.1 Å². The molecule has 1 aromatic heterocycles. The van der Waals surface area contributed by atoms with Crippen molar-refractivity contribution in [2.24, 2.45) is 11.8 Å². The molecule has 4 bridgehead atoms. The number of carbonyl (C=O) groups excluding carboxylic acids is 1. The van der Waals surface area contributed by atoms with Gasteiger partial charge in [0.25, 0.3) is 5.91 Å². The molecule has 4 aliphatic rings. The van der Waals surface area contributed by atoms with E-state index in [1.807, 2.05) is 23.1 Å². The Labute approximate surface area is 133 Å². The van der Waals surface area contributed by atoms with E-state index in [9.17, 15) is 4.79 Å². The van der Waals surface area contributed by atoms with Crippen molar-refractivity contribution in [3.8, 4) is 5.75 Å². The number of fused-ring (bicyclic) bond motifs is 2. The first-order valence-electron chi connectivity index (χ1n) is 8.04. The van der Waals surface area contributed by atoms with Gasteiger partial charge in [-0.2, -0.15) is 5.10 Å². The highest BCUT2D eigenvalue weighted by Gasteiger charge is 2.46. The van der Waals surface area contributed by atoms with Crippen molar-refractivity contribution in [2.75, 3.05) is 26.7 Å². The second-order valence-electron chi connectivity index (χ2n) is 6.60. The second kappa shape index (κ2) is 4.50. The quantitative estimate of drug-likeness (QED) is 0.919. The number of hydrogen-bond acceptors (Lipinski definition) is 4. The summed E-state index contributed by atoms with van der Waals surface area (Å²) in [6, 6.07) is 5.63. The number of likely N-dealkylation sites (tertiary alicyclic amines) is 1. The molecule has 5 heterocycles. The number of aromatic nitrogens is 2. The van der Waals surface area contributed by atoms with Gasteiger partial charge in [-0.3, -0.25) is 9.89 Å². The minimum absolute atomic E-state index is 0.00363. The number of hydrogen-bond donors (Lipinski definition) is 1. The first-order chi connectivity index (χ1) is 11.2. The number of rotatable bonds is 2. The van der Waals surface area contributed by atoms with Crippen LogP contribution in [-0.4, -0.2) is 52.6 Å². The summed E-state index contributed by atoms with van der Waals surface area (Å²) in [5, 5.41) is 8.08. The zero-order valence-electron chi connectivity index (χ0n) is 13.0. The number of allylic oxidation sites excluding steroid dienone is 1. The molecule has 118 valence electrons. The number of ether oxygens (including phenoxy) is 1. The van der Waals surface area contributed by atoms with Gasteiger partial charge < -0.3 is 14.5 Å². The maximum Gasteiger partial charge on any atom is 0.279 e. The topological polar surface area (TPSA) is 61.5 Å². The number of amides is 1. The fourth-order valence-electron chi connectivity index (χ4n) is 4.26. The lowest BCUT2D eigenvalue weighted by molar-refractivity contribution is 0.0816. The number of benzene rings is 1. The summed E-state index contributed by atoms with van der Waals surface area (Å²) in [5.41, 5.74) is 2.51. The molecule has 2 aromatic rings. The predicted octanol–water partition coefficient (Wildman–Crippen LogP) is 1.82. The van der Waals surface area contributed by atoms with Crippen LogP contribution in [0, 0.1) is 11.8 Å². The second-order valence-corrected chi connectivity index (χ2v) is 6.60. The third-order valence-electron chi connectivity index (χ3n) is 5.41. The number of aromatic amines is 1. The molecule has 23 heavy (non-hydrogen) atoms. The van der Waals surface area contributed by atoms with Crippen molar-refractivity contribution >= 4 is 16.8 Å². The lowest BCUT2D eigenvalue weighted by atomic mass is 9.84. The molecule has 6 nitrogen and oxygen atoms in total. The standard InChI is InChI=1S/C17H18N4O2/c1-23-11-2-3-13-14(6-11)18-19-16(13)17(22)21-8-10-7-20-5-4-12(10)15(21)9-20/h2-3,6,9-10,12H,4-5,7-8H2,1H3,(H,18,19)/t10-,12-/m1/s1. The minimum Gasteiger partial charge on any atom is -0.497 e. The average Bonchev–Trinajstić information content (AvgIpc) is 3.13. The van der Waals surface area contributed by atoms with Gasteiger partial charge in [0.1, 0.15) is 5.75 Å². The molecule has 6 heteroatoms. The van der Waals surface area contributed by atoms with Crippen LogP contribution in [0.25, 0.3) is 10.9 Å². The molecule has 2 saturated heterocycles. The van der Waals surface area contributed by atoms with E-state index in [1.54, 1.807) is 7.11 Å². The Bertz CT molecular complexity index is 840. The summed E-state index contributed by atoms with van der Waals surface area (Å²) in [4.78, 5) is 17.3. The number of carbonyl (C=O) groups is 1. The lowest BCUT2D eigenvalue weighted by Crippen LogP contribution is -2.40. The SMILES string of the molecule is COc1ccc2c(C(=O)N3C[C@H]4CN5C=C3[C@@H]4CC5)n[nH]c2c1. The number of nitrogens with zero attached hydrogens (tertiary/aromatic N) is 3. The molecule has 1 aromatic carbocycles. The molecule has 0 radical (unpaired) electrons. The number of methoxy groups -OCH3 is 1. The van der Waals surface area contributed by atoms with Crippen molar-refractivity contribution < 1.29 is 9.53 Å². The molecule has 1 amide bonds. The van der Waals surface area contributed by atoms with Crippen LogP contribution in [0.5, 0.6) is 5.75 Å². The third-order valence-corrected chi connectivity index (χ3v) is 5.41. The molecule has 0 saturated carbocycles. The van der Waals surface area contributed by atoms with Gasteiger partial charge in [0.15, 0.2) is 5.69 Å². The molecule has 0 spiro atoms. The number of nitrogens with one attached hydrogen (secondary N) is 1. The van der Waals surface area contributed by atoms with Gasteiger partial charge in [0, 0.05) is 54.8 Å².